The summed E-state index contributed by atoms with van der Waals surface area (Å²) < 4.78 is 37.8. The van der Waals surface area contributed by atoms with Gasteiger partial charge in [0.2, 0.25) is 5.91 Å². The second-order valence-electron chi connectivity index (χ2n) is 5.18. The van der Waals surface area contributed by atoms with Crippen LogP contribution in [0.2, 0.25) is 10.0 Å². The number of hydrogen-bond acceptors (Lipinski definition) is 3. The molecule has 1 N–H and O–H groups in total. The zero-order chi connectivity index (χ0) is 17.9. The SMILES string of the molecule is C[C@@H](C(=O)Nc1ccc(Cl)cc1)S(=O)(=O)Cc1ccc(F)cc1Cl. The summed E-state index contributed by atoms with van der Waals surface area (Å²) >= 11 is 11.6. The minimum absolute atomic E-state index is 0.00360. The molecule has 2 rings (SSSR count). The van der Waals surface area contributed by atoms with Crippen molar-refractivity contribution in [2.24, 2.45) is 0 Å². The second-order valence-corrected chi connectivity index (χ2v) is 8.35. The predicted molar refractivity (Wildman–Crippen MR) is 93.6 cm³/mol. The lowest BCUT2D eigenvalue weighted by Gasteiger charge is -2.14. The first-order valence-electron chi connectivity index (χ1n) is 6.91. The molecule has 0 aliphatic heterocycles. The van der Waals surface area contributed by atoms with E-state index in [-0.39, 0.29) is 10.6 Å². The molecule has 0 bridgehead atoms. The van der Waals surface area contributed by atoms with E-state index in [2.05, 4.69) is 5.32 Å². The Labute approximate surface area is 149 Å². The van der Waals surface area contributed by atoms with Crippen LogP contribution >= 0.6 is 23.2 Å². The van der Waals surface area contributed by atoms with Gasteiger partial charge in [0.25, 0.3) is 0 Å². The van der Waals surface area contributed by atoms with Gasteiger partial charge in [-0.2, -0.15) is 0 Å². The Morgan fingerprint density at radius 3 is 2.38 bits per heavy atom. The topological polar surface area (TPSA) is 63.2 Å². The Morgan fingerprint density at radius 1 is 1.17 bits per heavy atom. The van der Waals surface area contributed by atoms with Crippen LogP contribution in [-0.2, 0) is 20.4 Å². The molecule has 2 aromatic rings. The van der Waals surface area contributed by atoms with Gasteiger partial charge in [0.05, 0.1) is 5.75 Å². The van der Waals surface area contributed by atoms with Crippen LogP contribution in [0.15, 0.2) is 42.5 Å². The molecule has 0 saturated carbocycles. The van der Waals surface area contributed by atoms with Crippen LogP contribution in [0, 0.1) is 5.82 Å². The highest BCUT2D eigenvalue weighted by Gasteiger charge is 2.29. The highest BCUT2D eigenvalue weighted by atomic mass is 35.5. The average Bonchev–Trinajstić information content (AvgIpc) is 2.51. The summed E-state index contributed by atoms with van der Waals surface area (Å²) in [6, 6.07) is 9.73. The van der Waals surface area contributed by atoms with E-state index >= 15 is 0 Å². The number of amides is 1. The molecule has 2 aromatic carbocycles. The number of carbonyl (C=O) groups is 1. The molecule has 0 saturated heterocycles. The molecule has 0 aliphatic rings. The summed E-state index contributed by atoms with van der Waals surface area (Å²) in [5, 5.41) is 1.72. The Bertz CT molecular complexity index is 854. The van der Waals surface area contributed by atoms with Crippen LogP contribution in [0.25, 0.3) is 0 Å². The third-order valence-corrected chi connectivity index (χ3v) is 6.00. The van der Waals surface area contributed by atoms with E-state index in [4.69, 9.17) is 23.2 Å². The first-order valence-corrected chi connectivity index (χ1v) is 9.38. The molecule has 0 spiro atoms. The fourth-order valence-electron chi connectivity index (χ4n) is 1.92. The molecule has 0 heterocycles. The van der Waals surface area contributed by atoms with E-state index in [1.807, 2.05) is 0 Å². The zero-order valence-corrected chi connectivity index (χ0v) is 14.9. The third-order valence-electron chi connectivity index (χ3n) is 3.39. The maximum atomic E-state index is 13.0. The molecule has 128 valence electrons. The van der Waals surface area contributed by atoms with Gasteiger partial charge in [-0.25, -0.2) is 12.8 Å². The number of sulfone groups is 1. The lowest BCUT2D eigenvalue weighted by molar-refractivity contribution is -0.115. The van der Waals surface area contributed by atoms with Gasteiger partial charge >= 0.3 is 0 Å². The summed E-state index contributed by atoms with van der Waals surface area (Å²) in [4.78, 5) is 12.2. The lowest BCUT2D eigenvalue weighted by atomic mass is 10.2. The number of benzene rings is 2. The van der Waals surface area contributed by atoms with E-state index < -0.39 is 32.6 Å². The minimum Gasteiger partial charge on any atom is -0.325 e. The molecule has 0 aromatic heterocycles. The van der Waals surface area contributed by atoms with Crippen LogP contribution < -0.4 is 5.32 Å². The molecule has 0 fully saturated rings. The molecular weight excluding hydrogens is 376 g/mol. The Balaban J connectivity index is 2.12. The number of halogens is 3. The van der Waals surface area contributed by atoms with Crippen LogP contribution in [0.1, 0.15) is 12.5 Å². The summed E-state index contributed by atoms with van der Waals surface area (Å²) in [6.45, 7) is 1.29. The monoisotopic (exact) mass is 389 g/mol. The van der Waals surface area contributed by atoms with Gasteiger partial charge in [-0.05, 0) is 48.9 Å². The highest BCUT2D eigenvalue weighted by molar-refractivity contribution is 7.92. The average molecular weight is 390 g/mol. The van der Waals surface area contributed by atoms with Gasteiger partial charge in [-0.15, -0.1) is 0 Å². The van der Waals surface area contributed by atoms with Gasteiger partial charge in [-0.1, -0.05) is 29.3 Å². The van der Waals surface area contributed by atoms with Crippen molar-refractivity contribution in [1.29, 1.82) is 0 Å². The minimum atomic E-state index is -3.82. The summed E-state index contributed by atoms with van der Waals surface area (Å²) in [7, 11) is -3.82. The number of hydrogen-bond donors (Lipinski definition) is 1. The number of carbonyl (C=O) groups excluding carboxylic acids is 1. The number of rotatable bonds is 5. The maximum Gasteiger partial charge on any atom is 0.242 e. The quantitative estimate of drug-likeness (QED) is 0.837. The summed E-state index contributed by atoms with van der Waals surface area (Å²) in [6.07, 6.45) is 0. The van der Waals surface area contributed by atoms with Crippen molar-refractivity contribution in [3.8, 4) is 0 Å². The summed E-state index contributed by atoms with van der Waals surface area (Å²) in [5.74, 6) is -1.69. The van der Waals surface area contributed by atoms with Gasteiger partial charge < -0.3 is 5.32 Å². The van der Waals surface area contributed by atoms with Crippen LogP contribution in [-0.4, -0.2) is 19.6 Å². The van der Waals surface area contributed by atoms with E-state index in [0.29, 0.717) is 10.7 Å². The molecule has 0 radical (unpaired) electrons. The first-order chi connectivity index (χ1) is 11.2. The molecule has 1 amide bonds. The largest absolute Gasteiger partial charge is 0.325 e. The fourth-order valence-corrected chi connectivity index (χ4v) is 3.68. The third kappa shape index (κ3) is 4.69. The zero-order valence-electron chi connectivity index (χ0n) is 12.6. The van der Waals surface area contributed by atoms with Crippen molar-refractivity contribution in [2.45, 2.75) is 17.9 Å². The van der Waals surface area contributed by atoms with Crippen molar-refractivity contribution >= 4 is 44.6 Å². The van der Waals surface area contributed by atoms with Crippen molar-refractivity contribution in [2.75, 3.05) is 5.32 Å². The van der Waals surface area contributed by atoms with Crippen molar-refractivity contribution in [3.63, 3.8) is 0 Å². The molecule has 0 aliphatic carbocycles. The summed E-state index contributed by atoms with van der Waals surface area (Å²) in [5.41, 5.74) is 0.676. The van der Waals surface area contributed by atoms with Gasteiger partial charge in [0.15, 0.2) is 9.84 Å². The van der Waals surface area contributed by atoms with E-state index in [1.54, 1.807) is 24.3 Å². The smallest absolute Gasteiger partial charge is 0.242 e. The van der Waals surface area contributed by atoms with Crippen molar-refractivity contribution < 1.29 is 17.6 Å². The Kier molecular flexibility index (Phi) is 5.85. The van der Waals surface area contributed by atoms with Crippen LogP contribution in [0.4, 0.5) is 10.1 Å². The first kappa shape index (κ1) is 18.7. The fraction of sp³-hybridized carbons (Fsp3) is 0.188. The van der Waals surface area contributed by atoms with Gasteiger partial charge in [0, 0.05) is 15.7 Å². The van der Waals surface area contributed by atoms with Crippen molar-refractivity contribution in [3.05, 3.63) is 63.9 Å². The van der Waals surface area contributed by atoms with Crippen LogP contribution in [0.5, 0.6) is 0 Å². The Hall–Kier alpha value is -1.63. The van der Waals surface area contributed by atoms with Crippen molar-refractivity contribution in [1.82, 2.24) is 0 Å². The van der Waals surface area contributed by atoms with Gasteiger partial charge in [-0.3, -0.25) is 4.79 Å². The number of nitrogens with one attached hydrogen (secondary N) is 1. The van der Waals surface area contributed by atoms with Crippen LogP contribution in [0.3, 0.4) is 0 Å². The lowest BCUT2D eigenvalue weighted by Crippen LogP contribution is -2.33. The molecule has 0 unspecified atom stereocenters. The maximum absolute atomic E-state index is 13.0. The molecule has 8 heteroatoms. The van der Waals surface area contributed by atoms with E-state index in [0.717, 1.165) is 12.1 Å². The second kappa shape index (κ2) is 7.51. The highest BCUT2D eigenvalue weighted by Crippen LogP contribution is 2.22. The number of anilines is 1. The normalized spacial score (nSPS) is 12.7. The standard InChI is InChI=1S/C16H14Cl2FNO3S/c1-10(16(21)20-14-6-3-12(17)4-7-14)24(22,23)9-11-2-5-13(19)8-15(11)18/h2-8,10H,9H2,1H3,(H,20,21)/t10-/m0/s1. The molecular formula is C16H14Cl2FNO3S. The molecule has 24 heavy (non-hydrogen) atoms. The van der Waals surface area contributed by atoms with E-state index in [1.165, 1.54) is 13.0 Å². The Morgan fingerprint density at radius 2 is 1.79 bits per heavy atom. The van der Waals surface area contributed by atoms with Gasteiger partial charge in [0.1, 0.15) is 11.1 Å². The molecule has 1 atom stereocenters. The predicted octanol–water partition coefficient (Wildman–Crippen LogP) is 4.07. The molecule has 4 nitrogen and oxygen atoms in total. The van der Waals surface area contributed by atoms with E-state index in [9.17, 15) is 17.6 Å².